The highest BCUT2D eigenvalue weighted by molar-refractivity contribution is 7.86. The Morgan fingerprint density at radius 3 is 2.20 bits per heavy atom. The van der Waals surface area contributed by atoms with Gasteiger partial charge in [-0.3, -0.25) is 9.69 Å². The fourth-order valence-electron chi connectivity index (χ4n) is 3.85. The van der Waals surface area contributed by atoms with Crippen LogP contribution < -0.4 is 5.32 Å². The SMILES string of the molecule is CC(C(=O)NC1CC1)N1CCN(S(=O)(=O)N(C)C2CCCCC2)CC1. The molecule has 1 unspecified atom stereocenters. The van der Waals surface area contributed by atoms with Crippen LogP contribution in [0.15, 0.2) is 0 Å². The van der Waals surface area contributed by atoms with E-state index >= 15 is 0 Å². The molecule has 1 saturated heterocycles. The van der Waals surface area contributed by atoms with Crippen molar-refractivity contribution in [1.82, 2.24) is 18.8 Å². The maximum absolute atomic E-state index is 12.9. The normalized spacial score (nSPS) is 25.9. The van der Waals surface area contributed by atoms with Crippen LogP contribution in [0.25, 0.3) is 0 Å². The predicted molar refractivity (Wildman–Crippen MR) is 97.3 cm³/mol. The zero-order valence-electron chi connectivity index (χ0n) is 15.5. The highest BCUT2D eigenvalue weighted by atomic mass is 32.2. The molecule has 7 nitrogen and oxygen atoms in total. The van der Waals surface area contributed by atoms with Crippen LogP contribution in [-0.4, -0.2) is 79.2 Å². The van der Waals surface area contributed by atoms with Crippen LogP contribution in [0.3, 0.4) is 0 Å². The number of hydrogen-bond donors (Lipinski definition) is 1. The number of carbonyl (C=O) groups excluding carboxylic acids is 1. The highest BCUT2D eigenvalue weighted by Crippen LogP contribution is 2.25. The quantitative estimate of drug-likeness (QED) is 0.748. The third kappa shape index (κ3) is 4.53. The van der Waals surface area contributed by atoms with Crippen LogP contribution in [0.2, 0.25) is 0 Å². The van der Waals surface area contributed by atoms with E-state index in [4.69, 9.17) is 0 Å². The van der Waals surface area contributed by atoms with Gasteiger partial charge in [0.05, 0.1) is 6.04 Å². The minimum atomic E-state index is -3.40. The Bertz CT molecular complexity index is 564. The number of carbonyl (C=O) groups is 1. The lowest BCUT2D eigenvalue weighted by atomic mass is 9.96. The Hall–Kier alpha value is -0.700. The molecule has 0 aromatic carbocycles. The molecule has 0 aromatic rings. The molecule has 2 aliphatic carbocycles. The van der Waals surface area contributed by atoms with Gasteiger partial charge in [0.25, 0.3) is 10.2 Å². The number of hydrogen-bond acceptors (Lipinski definition) is 4. The minimum absolute atomic E-state index is 0.0677. The third-order valence-electron chi connectivity index (χ3n) is 5.90. The smallest absolute Gasteiger partial charge is 0.282 e. The van der Waals surface area contributed by atoms with Gasteiger partial charge in [0.15, 0.2) is 0 Å². The van der Waals surface area contributed by atoms with E-state index in [-0.39, 0.29) is 18.0 Å². The molecule has 1 heterocycles. The molecule has 144 valence electrons. The summed E-state index contributed by atoms with van der Waals surface area (Å²) in [5, 5.41) is 3.03. The van der Waals surface area contributed by atoms with Gasteiger partial charge in [-0.1, -0.05) is 19.3 Å². The number of nitrogens with one attached hydrogen (secondary N) is 1. The Labute approximate surface area is 151 Å². The van der Waals surface area contributed by atoms with E-state index in [1.807, 2.05) is 6.92 Å². The predicted octanol–water partition coefficient (Wildman–Crippen LogP) is 0.780. The third-order valence-corrected chi connectivity index (χ3v) is 7.95. The molecule has 8 heteroatoms. The molecule has 0 radical (unpaired) electrons. The second kappa shape index (κ2) is 7.90. The van der Waals surface area contributed by atoms with Crippen molar-refractivity contribution in [1.29, 1.82) is 0 Å². The molecule has 3 fully saturated rings. The first-order valence-electron chi connectivity index (χ1n) is 9.67. The van der Waals surface area contributed by atoms with Crippen molar-refractivity contribution >= 4 is 16.1 Å². The number of rotatable bonds is 6. The average Bonchev–Trinajstić information content (AvgIpc) is 3.45. The molecule has 2 saturated carbocycles. The topological polar surface area (TPSA) is 73.0 Å². The van der Waals surface area contributed by atoms with Crippen LogP contribution in [0.1, 0.15) is 51.9 Å². The Morgan fingerprint density at radius 2 is 1.64 bits per heavy atom. The summed E-state index contributed by atoms with van der Waals surface area (Å²) in [5.74, 6) is 0.0677. The zero-order chi connectivity index (χ0) is 18.0. The second-order valence-corrected chi connectivity index (χ2v) is 9.70. The Balaban J connectivity index is 1.52. The maximum atomic E-state index is 12.9. The average molecular weight is 373 g/mol. The van der Waals surface area contributed by atoms with Gasteiger partial charge < -0.3 is 5.32 Å². The molecule has 1 N–H and O–H groups in total. The van der Waals surface area contributed by atoms with E-state index in [0.717, 1.165) is 38.5 Å². The van der Waals surface area contributed by atoms with Crippen molar-refractivity contribution in [2.24, 2.45) is 0 Å². The first-order valence-corrected chi connectivity index (χ1v) is 11.1. The van der Waals surface area contributed by atoms with Crippen molar-refractivity contribution in [3.8, 4) is 0 Å². The van der Waals surface area contributed by atoms with Crippen molar-refractivity contribution < 1.29 is 13.2 Å². The fraction of sp³-hybridized carbons (Fsp3) is 0.941. The lowest BCUT2D eigenvalue weighted by Crippen LogP contribution is -2.57. The summed E-state index contributed by atoms with van der Waals surface area (Å²) < 4.78 is 29.0. The highest BCUT2D eigenvalue weighted by Gasteiger charge is 2.36. The van der Waals surface area contributed by atoms with E-state index < -0.39 is 10.2 Å². The van der Waals surface area contributed by atoms with E-state index in [2.05, 4.69) is 10.2 Å². The Morgan fingerprint density at radius 1 is 1.04 bits per heavy atom. The molecular weight excluding hydrogens is 340 g/mol. The lowest BCUT2D eigenvalue weighted by Gasteiger charge is -2.40. The molecular formula is C17H32N4O3S. The van der Waals surface area contributed by atoms with Crippen molar-refractivity contribution in [3.05, 3.63) is 0 Å². The van der Waals surface area contributed by atoms with E-state index in [9.17, 15) is 13.2 Å². The van der Waals surface area contributed by atoms with Crippen molar-refractivity contribution in [2.75, 3.05) is 33.2 Å². The van der Waals surface area contributed by atoms with Gasteiger partial charge in [-0.15, -0.1) is 0 Å². The number of piperazine rings is 1. The molecule has 1 amide bonds. The van der Waals surface area contributed by atoms with Crippen molar-refractivity contribution in [3.63, 3.8) is 0 Å². The minimum Gasteiger partial charge on any atom is -0.352 e. The van der Waals surface area contributed by atoms with Gasteiger partial charge in [0.1, 0.15) is 0 Å². The molecule has 25 heavy (non-hydrogen) atoms. The molecule has 0 aromatic heterocycles. The summed E-state index contributed by atoms with van der Waals surface area (Å²) >= 11 is 0. The maximum Gasteiger partial charge on any atom is 0.282 e. The van der Waals surface area contributed by atoms with Gasteiger partial charge in [-0.25, -0.2) is 0 Å². The standard InChI is InChI=1S/C17H32N4O3S/c1-14(17(22)18-15-8-9-15)20-10-12-21(13-11-20)25(23,24)19(2)16-6-4-3-5-7-16/h14-16H,3-13H2,1-2H3,(H,18,22). The molecule has 3 rings (SSSR count). The summed E-state index contributed by atoms with van der Waals surface area (Å²) in [4.78, 5) is 14.3. The lowest BCUT2D eigenvalue weighted by molar-refractivity contribution is -0.126. The second-order valence-electron chi connectivity index (χ2n) is 7.71. The largest absolute Gasteiger partial charge is 0.352 e. The summed E-state index contributed by atoms with van der Waals surface area (Å²) in [6, 6.07) is 0.308. The number of nitrogens with zero attached hydrogens (tertiary/aromatic N) is 3. The molecule has 1 aliphatic heterocycles. The van der Waals surface area contributed by atoms with Crippen LogP contribution in [0.5, 0.6) is 0 Å². The molecule has 3 aliphatic rings. The molecule has 0 spiro atoms. The Kier molecular flexibility index (Phi) is 6.03. The van der Waals surface area contributed by atoms with E-state index in [1.54, 1.807) is 15.7 Å². The van der Waals surface area contributed by atoms with E-state index in [1.165, 1.54) is 6.42 Å². The van der Waals surface area contributed by atoms with Gasteiger partial charge in [-0.2, -0.15) is 17.0 Å². The fourth-order valence-corrected chi connectivity index (χ4v) is 5.43. The van der Waals surface area contributed by atoms with E-state index in [0.29, 0.717) is 32.2 Å². The van der Waals surface area contributed by atoms with Gasteiger partial charge in [0.2, 0.25) is 5.91 Å². The van der Waals surface area contributed by atoms with Gasteiger partial charge >= 0.3 is 0 Å². The van der Waals surface area contributed by atoms with Gasteiger partial charge in [-0.05, 0) is 32.6 Å². The first kappa shape index (κ1) is 19.1. The summed E-state index contributed by atoms with van der Waals surface area (Å²) in [7, 11) is -1.67. The van der Waals surface area contributed by atoms with Gasteiger partial charge in [0, 0.05) is 45.3 Å². The zero-order valence-corrected chi connectivity index (χ0v) is 16.3. The summed E-state index contributed by atoms with van der Waals surface area (Å²) in [5.41, 5.74) is 0. The summed E-state index contributed by atoms with van der Waals surface area (Å²) in [6.45, 7) is 4.05. The van der Waals surface area contributed by atoms with Crippen LogP contribution in [0.4, 0.5) is 0 Å². The summed E-state index contributed by atoms with van der Waals surface area (Å²) in [6.07, 6.45) is 7.54. The monoisotopic (exact) mass is 372 g/mol. The van der Waals surface area contributed by atoms with Crippen LogP contribution in [-0.2, 0) is 15.0 Å². The van der Waals surface area contributed by atoms with Crippen LogP contribution in [0, 0.1) is 0 Å². The molecule has 0 bridgehead atoms. The first-order chi connectivity index (χ1) is 11.9. The van der Waals surface area contributed by atoms with Crippen LogP contribution >= 0.6 is 0 Å². The van der Waals surface area contributed by atoms with Crippen molar-refractivity contribution in [2.45, 2.75) is 70.0 Å². The number of amides is 1. The molecule has 1 atom stereocenters.